The highest BCUT2D eigenvalue weighted by Crippen LogP contribution is 2.22. The Labute approximate surface area is 156 Å². The zero-order valence-corrected chi connectivity index (χ0v) is 15.6. The molecular formula is C17H21ClN4O2S. The molecule has 0 unspecified atom stereocenters. The van der Waals surface area contributed by atoms with E-state index in [1.807, 2.05) is 23.7 Å². The first-order valence-electron chi connectivity index (χ1n) is 8.11. The second-order valence-electron chi connectivity index (χ2n) is 5.81. The third kappa shape index (κ3) is 4.84. The van der Waals surface area contributed by atoms with Crippen molar-refractivity contribution in [3.05, 3.63) is 40.4 Å². The van der Waals surface area contributed by atoms with Gasteiger partial charge in [0, 0.05) is 54.9 Å². The van der Waals surface area contributed by atoms with Crippen LogP contribution in [0, 0.1) is 0 Å². The fourth-order valence-corrected chi connectivity index (χ4v) is 3.70. The summed E-state index contributed by atoms with van der Waals surface area (Å²) in [5.41, 5.74) is 0.872. The van der Waals surface area contributed by atoms with Gasteiger partial charge < -0.3 is 15.0 Å². The number of carbonyl (C=O) groups excluding carboxylic acids is 1. The molecule has 25 heavy (non-hydrogen) atoms. The number of thiazole rings is 1. The van der Waals surface area contributed by atoms with Crippen LogP contribution in [0.15, 0.2) is 29.8 Å². The number of benzene rings is 1. The van der Waals surface area contributed by atoms with Crippen LogP contribution in [0.5, 0.6) is 5.75 Å². The summed E-state index contributed by atoms with van der Waals surface area (Å²) < 4.78 is 5.30. The Morgan fingerprint density at radius 2 is 2.16 bits per heavy atom. The summed E-state index contributed by atoms with van der Waals surface area (Å²) in [6.07, 6.45) is 1.82. The van der Waals surface area contributed by atoms with Crippen molar-refractivity contribution in [1.82, 2.24) is 15.2 Å². The van der Waals surface area contributed by atoms with Crippen molar-refractivity contribution in [3.8, 4) is 5.75 Å². The Bertz CT molecular complexity index is 703. The first-order chi connectivity index (χ1) is 12.2. The number of halogens is 1. The van der Waals surface area contributed by atoms with Crippen LogP contribution in [0.1, 0.15) is 5.56 Å². The van der Waals surface area contributed by atoms with E-state index >= 15 is 0 Å². The summed E-state index contributed by atoms with van der Waals surface area (Å²) in [7, 11) is 1.61. The van der Waals surface area contributed by atoms with Gasteiger partial charge in [-0.1, -0.05) is 11.6 Å². The summed E-state index contributed by atoms with van der Waals surface area (Å²) >= 11 is 7.66. The molecule has 1 aliphatic heterocycles. The van der Waals surface area contributed by atoms with Crippen LogP contribution in [0.4, 0.5) is 5.13 Å². The van der Waals surface area contributed by atoms with Crippen LogP contribution in [-0.4, -0.2) is 55.6 Å². The molecule has 0 spiro atoms. The lowest BCUT2D eigenvalue weighted by Gasteiger charge is -2.34. The van der Waals surface area contributed by atoms with Gasteiger partial charge in [-0.25, -0.2) is 4.98 Å². The summed E-state index contributed by atoms with van der Waals surface area (Å²) in [5.74, 6) is 0.728. The highest BCUT2D eigenvalue weighted by atomic mass is 35.5. The summed E-state index contributed by atoms with van der Waals surface area (Å²) in [6, 6.07) is 5.39. The Morgan fingerprint density at radius 1 is 1.36 bits per heavy atom. The van der Waals surface area contributed by atoms with Crippen LogP contribution < -0.4 is 15.0 Å². The molecule has 1 aromatic heterocycles. The number of piperazine rings is 1. The van der Waals surface area contributed by atoms with Gasteiger partial charge >= 0.3 is 0 Å². The third-order valence-electron chi connectivity index (χ3n) is 4.15. The molecule has 3 rings (SSSR count). The maximum absolute atomic E-state index is 12.2. The van der Waals surface area contributed by atoms with Crippen molar-refractivity contribution in [3.63, 3.8) is 0 Å². The number of nitrogens with one attached hydrogen (secondary N) is 1. The zero-order chi connectivity index (χ0) is 17.6. The number of hydrogen-bond donors (Lipinski definition) is 1. The Balaban J connectivity index is 1.45. The maximum atomic E-state index is 12.2. The van der Waals surface area contributed by atoms with Crippen LogP contribution in [0.25, 0.3) is 0 Å². The van der Waals surface area contributed by atoms with E-state index in [9.17, 15) is 4.79 Å². The molecule has 0 radical (unpaired) electrons. The smallest absolute Gasteiger partial charge is 0.234 e. The second-order valence-corrected chi connectivity index (χ2v) is 7.12. The predicted molar refractivity (Wildman–Crippen MR) is 101 cm³/mol. The number of anilines is 1. The predicted octanol–water partition coefficient (Wildman–Crippen LogP) is 2.24. The lowest BCUT2D eigenvalue weighted by Crippen LogP contribution is -2.49. The lowest BCUT2D eigenvalue weighted by molar-refractivity contribution is -0.122. The number of carbonyl (C=O) groups is 1. The van der Waals surface area contributed by atoms with Crippen molar-refractivity contribution < 1.29 is 9.53 Å². The molecule has 2 aromatic rings. The number of nitrogens with zero attached hydrogens (tertiary/aromatic N) is 3. The van der Waals surface area contributed by atoms with Gasteiger partial charge in [-0.3, -0.25) is 9.69 Å². The van der Waals surface area contributed by atoms with Crippen LogP contribution in [0.2, 0.25) is 5.02 Å². The van der Waals surface area contributed by atoms with Gasteiger partial charge in [0.25, 0.3) is 0 Å². The molecule has 1 aliphatic rings. The van der Waals surface area contributed by atoms with Gasteiger partial charge in [0.1, 0.15) is 5.75 Å². The molecule has 0 aliphatic carbocycles. The van der Waals surface area contributed by atoms with Gasteiger partial charge in [0.05, 0.1) is 13.7 Å². The van der Waals surface area contributed by atoms with Crippen LogP contribution in [0.3, 0.4) is 0 Å². The van der Waals surface area contributed by atoms with Gasteiger partial charge in [-0.05, 0) is 18.2 Å². The van der Waals surface area contributed by atoms with Crippen molar-refractivity contribution in [2.24, 2.45) is 0 Å². The van der Waals surface area contributed by atoms with Crippen LogP contribution >= 0.6 is 22.9 Å². The quantitative estimate of drug-likeness (QED) is 0.832. The maximum Gasteiger partial charge on any atom is 0.234 e. The Morgan fingerprint density at radius 3 is 2.84 bits per heavy atom. The van der Waals surface area contributed by atoms with Crippen molar-refractivity contribution in [2.75, 3.05) is 44.7 Å². The van der Waals surface area contributed by atoms with E-state index < -0.39 is 0 Å². The van der Waals surface area contributed by atoms with Gasteiger partial charge in [-0.15, -0.1) is 11.3 Å². The van der Waals surface area contributed by atoms with Gasteiger partial charge in [-0.2, -0.15) is 0 Å². The summed E-state index contributed by atoms with van der Waals surface area (Å²) in [5, 5.41) is 6.61. The fourth-order valence-electron chi connectivity index (χ4n) is 2.81. The number of ether oxygens (including phenoxy) is 1. The highest BCUT2D eigenvalue weighted by Gasteiger charge is 2.20. The number of aromatic nitrogens is 1. The number of amides is 1. The minimum Gasteiger partial charge on any atom is -0.496 e. The van der Waals surface area contributed by atoms with E-state index in [1.165, 1.54) is 0 Å². The molecule has 0 saturated carbocycles. The molecule has 1 N–H and O–H groups in total. The van der Waals surface area contributed by atoms with Gasteiger partial charge in [0.15, 0.2) is 5.13 Å². The molecule has 6 nitrogen and oxygen atoms in total. The monoisotopic (exact) mass is 380 g/mol. The molecule has 0 atom stereocenters. The van der Waals surface area contributed by atoms with Crippen molar-refractivity contribution in [2.45, 2.75) is 6.54 Å². The minimum atomic E-state index is 0.00438. The topological polar surface area (TPSA) is 57.7 Å². The third-order valence-corrected chi connectivity index (χ3v) is 5.22. The standard InChI is InChI=1S/C17H21ClN4O2S/c1-24-15-3-2-14(18)10-13(15)11-20-16(23)12-21-5-7-22(8-6-21)17-19-4-9-25-17/h2-4,9-10H,5-8,11-12H2,1H3,(H,20,23). The largest absolute Gasteiger partial charge is 0.496 e. The summed E-state index contributed by atoms with van der Waals surface area (Å²) in [4.78, 5) is 21.0. The van der Waals surface area contributed by atoms with E-state index in [0.29, 0.717) is 18.1 Å². The molecule has 1 aromatic carbocycles. The average Bonchev–Trinajstić information content (AvgIpc) is 3.15. The van der Waals surface area contributed by atoms with Crippen LogP contribution in [-0.2, 0) is 11.3 Å². The zero-order valence-electron chi connectivity index (χ0n) is 14.1. The van der Waals surface area contributed by atoms with Gasteiger partial charge in [0.2, 0.25) is 5.91 Å². The molecule has 0 bridgehead atoms. The molecule has 2 heterocycles. The van der Waals surface area contributed by atoms with E-state index in [4.69, 9.17) is 16.3 Å². The first-order valence-corrected chi connectivity index (χ1v) is 9.37. The SMILES string of the molecule is COc1ccc(Cl)cc1CNC(=O)CN1CCN(c2nccs2)CC1. The highest BCUT2D eigenvalue weighted by molar-refractivity contribution is 7.13. The average molecular weight is 381 g/mol. The Kier molecular flexibility index (Phi) is 6.12. The molecular weight excluding hydrogens is 360 g/mol. The fraction of sp³-hybridized carbons (Fsp3) is 0.412. The number of hydrogen-bond acceptors (Lipinski definition) is 6. The molecule has 134 valence electrons. The van der Waals surface area contributed by atoms with E-state index in [2.05, 4.69) is 20.1 Å². The molecule has 1 fully saturated rings. The van der Waals surface area contributed by atoms with Crippen molar-refractivity contribution >= 4 is 34.0 Å². The number of methoxy groups -OCH3 is 1. The second kappa shape index (κ2) is 8.51. The van der Waals surface area contributed by atoms with E-state index in [-0.39, 0.29) is 5.91 Å². The Hall–Kier alpha value is -1.83. The summed E-state index contributed by atoms with van der Waals surface area (Å²) in [6.45, 7) is 4.29. The first kappa shape index (κ1) is 18.0. The van der Waals surface area contributed by atoms with Crippen molar-refractivity contribution in [1.29, 1.82) is 0 Å². The van der Waals surface area contributed by atoms with E-state index in [0.717, 1.165) is 42.6 Å². The molecule has 8 heteroatoms. The lowest BCUT2D eigenvalue weighted by atomic mass is 10.2. The number of rotatable bonds is 6. The normalized spacial score (nSPS) is 15.2. The van der Waals surface area contributed by atoms with E-state index in [1.54, 1.807) is 24.5 Å². The molecule has 1 amide bonds. The minimum absolute atomic E-state index is 0.00438. The molecule has 1 saturated heterocycles.